The molecule has 4 nitrogen and oxygen atoms in total. The topological polar surface area (TPSA) is 51.0 Å². The average molecular weight is 298 g/mol. The van der Waals surface area contributed by atoms with Crippen molar-refractivity contribution in [2.24, 2.45) is 4.99 Å². The van der Waals surface area contributed by atoms with Crippen LogP contribution in [0.15, 0.2) is 78.4 Å². The van der Waals surface area contributed by atoms with Crippen molar-refractivity contribution >= 4 is 11.3 Å². The third kappa shape index (κ3) is 2.79. The Morgan fingerprint density at radius 2 is 1.52 bits per heavy atom. The maximum absolute atomic E-state index is 4.50. The Bertz CT molecular complexity index is 866. The van der Waals surface area contributed by atoms with E-state index in [2.05, 4.69) is 19.9 Å². The van der Waals surface area contributed by atoms with E-state index in [1.165, 1.54) is 0 Å². The smallest absolute Gasteiger partial charge is 0.159 e. The number of hydrogen-bond acceptors (Lipinski definition) is 4. The Morgan fingerprint density at radius 1 is 0.739 bits per heavy atom. The highest BCUT2D eigenvalue weighted by atomic mass is 14.9. The molecule has 1 aromatic carbocycles. The van der Waals surface area contributed by atoms with E-state index in [1.807, 2.05) is 67.3 Å². The third-order valence-electron chi connectivity index (χ3n) is 3.78. The summed E-state index contributed by atoms with van der Waals surface area (Å²) in [6.07, 6.45) is 10.0. The molecule has 0 bridgehead atoms. The lowest BCUT2D eigenvalue weighted by molar-refractivity contribution is 1.16. The van der Waals surface area contributed by atoms with E-state index >= 15 is 0 Å². The van der Waals surface area contributed by atoms with Crippen molar-refractivity contribution in [3.63, 3.8) is 0 Å². The number of nitrogens with zero attached hydrogens (tertiary/aromatic N) is 4. The molecular weight excluding hydrogens is 284 g/mol. The van der Waals surface area contributed by atoms with Crippen molar-refractivity contribution in [2.45, 2.75) is 6.42 Å². The zero-order valence-electron chi connectivity index (χ0n) is 12.4. The zero-order valence-corrected chi connectivity index (χ0v) is 12.4. The largest absolute Gasteiger partial charge is 0.264 e. The van der Waals surface area contributed by atoms with Gasteiger partial charge in [0.05, 0.1) is 5.71 Å². The zero-order chi connectivity index (χ0) is 15.5. The van der Waals surface area contributed by atoms with Gasteiger partial charge in [-0.2, -0.15) is 0 Å². The molecule has 1 aliphatic rings. The summed E-state index contributed by atoms with van der Waals surface area (Å²) in [6, 6.07) is 13.9. The first-order valence-corrected chi connectivity index (χ1v) is 7.44. The van der Waals surface area contributed by atoms with E-state index < -0.39 is 0 Å². The quantitative estimate of drug-likeness (QED) is 0.739. The van der Waals surface area contributed by atoms with Crippen LogP contribution in [-0.4, -0.2) is 20.7 Å². The molecule has 0 saturated heterocycles. The molecule has 0 aliphatic carbocycles. The van der Waals surface area contributed by atoms with Crippen LogP contribution < -0.4 is 0 Å². The van der Waals surface area contributed by atoms with Crippen LogP contribution in [0.2, 0.25) is 0 Å². The van der Waals surface area contributed by atoms with Crippen molar-refractivity contribution in [3.05, 3.63) is 84.6 Å². The Balaban J connectivity index is 1.52. The van der Waals surface area contributed by atoms with Crippen LogP contribution in [0, 0.1) is 0 Å². The molecule has 0 spiro atoms. The first kappa shape index (κ1) is 13.5. The van der Waals surface area contributed by atoms with Crippen LogP contribution in [0.4, 0.5) is 0 Å². The van der Waals surface area contributed by atoms with Gasteiger partial charge in [0.15, 0.2) is 5.82 Å². The summed E-state index contributed by atoms with van der Waals surface area (Å²) in [5.74, 6) is 0.737. The molecule has 0 radical (unpaired) electrons. The number of benzene rings is 1. The average Bonchev–Trinajstić information content (AvgIpc) is 3.14. The fourth-order valence-electron chi connectivity index (χ4n) is 2.54. The number of rotatable bonds is 3. The number of aromatic nitrogens is 3. The van der Waals surface area contributed by atoms with Gasteiger partial charge in [0.2, 0.25) is 0 Å². The predicted octanol–water partition coefficient (Wildman–Crippen LogP) is 3.77. The van der Waals surface area contributed by atoms with Crippen molar-refractivity contribution in [3.8, 4) is 11.4 Å². The highest BCUT2D eigenvalue weighted by Gasteiger charge is 2.14. The van der Waals surface area contributed by atoms with Gasteiger partial charge in [0.1, 0.15) is 0 Å². The molecular formula is C19H14N4. The Hall–Kier alpha value is -3.14. The fraction of sp³-hybridized carbons (Fsp3) is 0.0526. The summed E-state index contributed by atoms with van der Waals surface area (Å²) in [6.45, 7) is 0. The SMILES string of the molecule is C1=C(c2cnc(-c3ccccc3)nc2)CC(c2cccnc2)=N1. The number of pyridine rings is 1. The summed E-state index contributed by atoms with van der Waals surface area (Å²) in [4.78, 5) is 17.6. The molecule has 0 fully saturated rings. The minimum atomic E-state index is 0.737. The Morgan fingerprint density at radius 3 is 2.26 bits per heavy atom. The Kier molecular flexibility index (Phi) is 3.48. The van der Waals surface area contributed by atoms with E-state index in [9.17, 15) is 0 Å². The summed E-state index contributed by atoms with van der Waals surface area (Å²) in [5.41, 5.74) is 5.24. The highest BCUT2D eigenvalue weighted by Crippen LogP contribution is 2.26. The molecule has 4 rings (SSSR count). The van der Waals surface area contributed by atoms with Crippen LogP contribution in [-0.2, 0) is 0 Å². The van der Waals surface area contributed by atoms with Crippen molar-refractivity contribution < 1.29 is 0 Å². The predicted molar refractivity (Wildman–Crippen MR) is 90.8 cm³/mol. The first-order chi connectivity index (χ1) is 11.4. The van der Waals surface area contributed by atoms with Gasteiger partial charge in [-0.15, -0.1) is 0 Å². The molecule has 23 heavy (non-hydrogen) atoms. The Labute approximate surface area is 134 Å². The van der Waals surface area contributed by atoms with E-state index in [-0.39, 0.29) is 0 Å². The minimum absolute atomic E-state index is 0.737. The van der Waals surface area contributed by atoms with E-state index in [4.69, 9.17) is 0 Å². The molecule has 3 aromatic rings. The van der Waals surface area contributed by atoms with Gasteiger partial charge in [-0.1, -0.05) is 36.4 Å². The summed E-state index contributed by atoms with van der Waals surface area (Å²) in [7, 11) is 0. The maximum Gasteiger partial charge on any atom is 0.159 e. The molecule has 0 N–H and O–H groups in total. The summed E-state index contributed by atoms with van der Waals surface area (Å²) in [5, 5.41) is 0. The molecule has 4 heteroatoms. The van der Waals surface area contributed by atoms with E-state index in [0.29, 0.717) is 0 Å². The summed E-state index contributed by atoms with van der Waals surface area (Å²) < 4.78 is 0. The van der Waals surface area contributed by atoms with Gasteiger partial charge in [-0.3, -0.25) is 9.98 Å². The highest BCUT2D eigenvalue weighted by molar-refractivity contribution is 6.08. The monoisotopic (exact) mass is 298 g/mol. The maximum atomic E-state index is 4.50. The van der Waals surface area contributed by atoms with Crippen LogP contribution >= 0.6 is 0 Å². The molecule has 0 saturated carbocycles. The van der Waals surface area contributed by atoms with Crippen LogP contribution in [0.3, 0.4) is 0 Å². The van der Waals surface area contributed by atoms with E-state index in [1.54, 1.807) is 6.20 Å². The lowest BCUT2D eigenvalue weighted by Gasteiger charge is -2.05. The molecule has 110 valence electrons. The fourth-order valence-corrected chi connectivity index (χ4v) is 2.54. The van der Waals surface area contributed by atoms with Gasteiger partial charge in [0, 0.05) is 54.1 Å². The van der Waals surface area contributed by atoms with Crippen molar-refractivity contribution in [1.82, 2.24) is 15.0 Å². The first-order valence-electron chi connectivity index (χ1n) is 7.44. The second-order valence-electron chi connectivity index (χ2n) is 5.31. The normalized spacial score (nSPS) is 13.6. The number of aliphatic imine (C=N–C) groups is 1. The standard InChI is InChI=1S/C19H14N4/c1-2-5-14(6-3-1)19-22-12-17(13-23-19)16-9-18(21-11-16)15-7-4-8-20-10-15/h1-8,10-13H,9H2. The second-order valence-corrected chi connectivity index (χ2v) is 5.31. The van der Waals surface area contributed by atoms with Gasteiger partial charge < -0.3 is 0 Å². The molecule has 0 amide bonds. The van der Waals surface area contributed by atoms with Gasteiger partial charge in [0.25, 0.3) is 0 Å². The second kappa shape index (κ2) is 5.93. The molecule has 0 atom stereocenters. The number of allylic oxidation sites excluding steroid dienone is 1. The third-order valence-corrected chi connectivity index (χ3v) is 3.78. The van der Waals surface area contributed by atoms with Gasteiger partial charge in [-0.05, 0) is 11.6 Å². The van der Waals surface area contributed by atoms with Crippen LogP contribution in [0.25, 0.3) is 17.0 Å². The van der Waals surface area contributed by atoms with Crippen molar-refractivity contribution in [2.75, 3.05) is 0 Å². The van der Waals surface area contributed by atoms with Crippen LogP contribution in [0.5, 0.6) is 0 Å². The number of hydrogen-bond donors (Lipinski definition) is 0. The lowest BCUT2D eigenvalue weighted by atomic mass is 10.0. The molecule has 2 aromatic heterocycles. The van der Waals surface area contributed by atoms with Gasteiger partial charge >= 0.3 is 0 Å². The van der Waals surface area contributed by atoms with E-state index in [0.717, 1.165) is 40.2 Å². The van der Waals surface area contributed by atoms with Crippen molar-refractivity contribution in [1.29, 1.82) is 0 Å². The van der Waals surface area contributed by atoms with Crippen LogP contribution in [0.1, 0.15) is 17.5 Å². The lowest BCUT2D eigenvalue weighted by Crippen LogP contribution is -1.99. The van der Waals surface area contributed by atoms with Gasteiger partial charge in [-0.25, -0.2) is 9.97 Å². The molecule has 3 heterocycles. The molecule has 0 unspecified atom stereocenters. The molecule has 1 aliphatic heterocycles. The minimum Gasteiger partial charge on any atom is -0.264 e. The summed E-state index contributed by atoms with van der Waals surface area (Å²) >= 11 is 0.